The Morgan fingerprint density at radius 2 is 1.27 bits per heavy atom. The highest BCUT2D eigenvalue weighted by Gasteiger charge is 2.26. The summed E-state index contributed by atoms with van der Waals surface area (Å²) in [4.78, 5) is 19.1. The number of hydrogen-bond acceptors (Lipinski definition) is 2. The van der Waals surface area contributed by atoms with Crippen molar-refractivity contribution in [3.63, 3.8) is 0 Å². The molecule has 4 nitrogen and oxygen atoms in total. The zero-order chi connectivity index (χ0) is 9.65. The van der Waals surface area contributed by atoms with Crippen LogP contribution in [0.5, 0.6) is 0 Å². The Bertz CT molecular complexity index is 150. The number of hydrogen-bond donors (Lipinski definition) is 2. The first kappa shape index (κ1) is 13.4. The van der Waals surface area contributed by atoms with Crippen LogP contribution in [0.3, 0.4) is 0 Å². The van der Waals surface area contributed by atoms with E-state index >= 15 is 0 Å². The third-order valence-electron chi connectivity index (χ3n) is 0.279. The minimum atomic E-state index is -1.94. The molecule has 0 saturated heterocycles. The second kappa shape index (κ2) is 5.46. The van der Waals surface area contributed by atoms with Gasteiger partial charge in [0.05, 0.1) is 0 Å². The van der Waals surface area contributed by atoms with Crippen molar-refractivity contribution in [1.29, 1.82) is 0 Å². The topological polar surface area (TPSA) is 86.2 Å². The molecule has 0 spiro atoms. The van der Waals surface area contributed by atoms with Crippen LogP contribution in [0.2, 0.25) is 0 Å². The second-order valence-corrected chi connectivity index (χ2v) is 3.75. The molecule has 0 fully saturated rings. The molecule has 2 amide bonds. The molecule has 66 valence electrons. The predicted octanol–water partition coefficient (Wildman–Crippen LogP) is 0.334. The van der Waals surface area contributed by atoms with Crippen LogP contribution in [-0.4, -0.2) is 15.6 Å². The van der Waals surface area contributed by atoms with Crippen molar-refractivity contribution in [2.75, 3.05) is 0 Å². The number of primary amides is 2. The van der Waals surface area contributed by atoms with E-state index in [9.17, 15) is 9.59 Å². The number of amides is 2. The zero-order valence-electron chi connectivity index (χ0n) is 5.61. The standard InChI is InChI=1S/C2H2Cl3NO.C2H5NO/c3-2(4,5)1(6)7;1-2(3)4/h(H2,6,7);1H3,(H2,3,4). The molecular formula is C4H7Cl3N2O2. The lowest BCUT2D eigenvalue weighted by Gasteiger charge is -2.01. The number of rotatable bonds is 0. The molecule has 7 heteroatoms. The molecule has 0 bridgehead atoms. The first-order chi connectivity index (χ1) is 4.68. The molecule has 0 heterocycles. The summed E-state index contributed by atoms with van der Waals surface area (Å²) in [6, 6.07) is 0. The maximum Gasteiger partial charge on any atom is 0.269 e. The molecule has 0 atom stereocenters. The number of nitrogens with two attached hydrogens (primary N) is 2. The van der Waals surface area contributed by atoms with Crippen molar-refractivity contribution in [2.24, 2.45) is 11.5 Å². The molecule has 0 aromatic heterocycles. The van der Waals surface area contributed by atoms with Crippen molar-refractivity contribution in [1.82, 2.24) is 0 Å². The SMILES string of the molecule is CC(N)=O.NC(=O)C(Cl)(Cl)Cl. The van der Waals surface area contributed by atoms with E-state index in [4.69, 9.17) is 34.8 Å². The van der Waals surface area contributed by atoms with E-state index in [1.54, 1.807) is 0 Å². The minimum Gasteiger partial charge on any atom is -0.370 e. The summed E-state index contributed by atoms with van der Waals surface area (Å²) in [6.45, 7) is 1.31. The van der Waals surface area contributed by atoms with Crippen LogP contribution in [0.15, 0.2) is 0 Å². The fraction of sp³-hybridized carbons (Fsp3) is 0.500. The lowest BCUT2D eigenvalue weighted by atomic mass is 10.7. The summed E-state index contributed by atoms with van der Waals surface area (Å²) in [7, 11) is 0. The van der Waals surface area contributed by atoms with E-state index in [0.29, 0.717) is 0 Å². The summed E-state index contributed by atoms with van der Waals surface area (Å²) in [5, 5.41) is 0. The van der Waals surface area contributed by atoms with Gasteiger partial charge in [-0.2, -0.15) is 0 Å². The summed E-state index contributed by atoms with van der Waals surface area (Å²) in [5.74, 6) is -1.29. The highest BCUT2D eigenvalue weighted by atomic mass is 35.6. The van der Waals surface area contributed by atoms with Crippen molar-refractivity contribution >= 4 is 46.6 Å². The van der Waals surface area contributed by atoms with Gasteiger partial charge in [0.1, 0.15) is 0 Å². The Labute approximate surface area is 78.8 Å². The van der Waals surface area contributed by atoms with Crippen LogP contribution in [0.1, 0.15) is 6.92 Å². The molecule has 0 radical (unpaired) electrons. The molecule has 4 N–H and O–H groups in total. The highest BCUT2D eigenvalue weighted by Crippen LogP contribution is 2.24. The summed E-state index contributed by atoms with van der Waals surface area (Å²) < 4.78 is -1.94. The summed E-state index contributed by atoms with van der Waals surface area (Å²) in [5.41, 5.74) is 9.01. The van der Waals surface area contributed by atoms with Gasteiger partial charge in [0.15, 0.2) is 0 Å². The third-order valence-corrected chi connectivity index (χ3v) is 0.838. The predicted molar refractivity (Wildman–Crippen MR) is 44.4 cm³/mol. The average Bonchev–Trinajstić information content (AvgIpc) is 1.59. The normalized spacial score (nSPS) is 9.45. The highest BCUT2D eigenvalue weighted by molar-refractivity contribution is 6.76. The van der Waals surface area contributed by atoms with Crippen LogP contribution in [0.25, 0.3) is 0 Å². The van der Waals surface area contributed by atoms with E-state index in [2.05, 4.69) is 11.5 Å². The Morgan fingerprint density at radius 1 is 1.18 bits per heavy atom. The Hall–Kier alpha value is -0.190. The van der Waals surface area contributed by atoms with Gasteiger partial charge in [-0.15, -0.1) is 0 Å². The maximum atomic E-state index is 9.85. The number of carbonyl (C=O) groups is 2. The van der Waals surface area contributed by atoms with Crippen molar-refractivity contribution in [3.05, 3.63) is 0 Å². The summed E-state index contributed by atoms with van der Waals surface area (Å²) in [6.07, 6.45) is 0. The molecule has 0 aromatic rings. The maximum absolute atomic E-state index is 9.85. The molecule has 0 aliphatic heterocycles. The van der Waals surface area contributed by atoms with Crippen LogP contribution in [0, 0.1) is 0 Å². The molecular weight excluding hydrogens is 214 g/mol. The molecule has 0 unspecified atom stereocenters. The van der Waals surface area contributed by atoms with Crippen LogP contribution in [-0.2, 0) is 9.59 Å². The molecule has 0 saturated carbocycles. The molecule has 0 rings (SSSR count). The van der Waals surface area contributed by atoms with Gasteiger partial charge in [-0.1, -0.05) is 34.8 Å². The molecule has 0 aliphatic rings. The van der Waals surface area contributed by atoms with Crippen LogP contribution >= 0.6 is 34.8 Å². The van der Waals surface area contributed by atoms with Crippen LogP contribution in [0.4, 0.5) is 0 Å². The van der Waals surface area contributed by atoms with Crippen LogP contribution < -0.4 is 11.5 Å². The fourth-order valence-electron chi connectivity index (χ4n) is 0. The van der Waals surface area contributed by atoms with E-state index in [1.165, 1.54) is 6.92 Å². The van der Waals surface area contributed by atoms with Crippen molar-refractivity contribution in [3.8, 4) is 0 Å². The van der Waals surface area contributed by atoms with Gasteiger partial charge in [0, 0.05) is 6.92 Å². The molecule has 11 heavy (non-hydrogen) atoms. The van der Waals surface area contributed by atoms with Crippen molar-refractivity contribution in [2.45, 2.75) is 10.7 Å². The van der Waals surface area contributed by atoms with Gasteiger partial charge in [-0.3, -0.25) is 9.59 Å². The van der Waals surface area contributed by atoms with Crippen molar-refractivity contribution < 1.29 is 9.59 Å². The summed E-state index contributed by atoms with van der Waals surface area (Å²) >= 11 is 14.8. The minimum absolute atomic E-state index is 0.333. The van der Waals surface area contributed by atoms with Gasteiger partial charge in [-0.05, 0) is 0 Å². The fourth-order valence-corrected chi connectivity index (χ4v) is 0. The van der Waals surface area contributed by atoms with Gasteiger partial charge in [-0.25, -0.2) is 0 Å². The van der Waals surface area contributed by atoms with Gasteiger partial charge in [0.2, 0.25) is 5.91 Å². The molecule has 0 aliphatic carbocycles. The van der Waals surface area contributed by atoms with E-state index in [1.807, 2.05) is 0 Å². The second-order valence-electron chi connectivity index (χ2n) is 1.47. The lowest BCUT2D eigenvalue weighted by molar-refractivity contribution is -0.117. The first-order valence-corrected chi connectivity index (χ1v) is 3.44. The monoisotopic (exact) mass is 220 g/mol. The Kier molecular flexibility index (Phi) is 6.65. The quantitative estimate of drug-likeness (QED) is 0.578. The molecule has 0 aromatic carbocycles. The van der Waals surface area contributed by atoms with E-state index in [0.717, 1.165) is 0 Å². The van der Waals surface area contributed by atoms with Gasteiger partial charge < -0.3 is 11.5 Å². The number of alkyl halides is 3. The van der Waals surface area contributed by atoms with E-state index < -0.39 is 9.70 Å². The number of carbonyl (C=O) groups excluding carboxylic acids is 2. The van der Waals surface area contributed by atoms with Gasteiger partial charge >= 0.3 is 0 Å². The number of halogens is 3. The van der Waals surface area contributed by atoms with E-state index in [-0.39, 0.29) is 5.91 Å². The Morgan fingerprint density at radius 3 is 1.27 bits per heavy atom. The largest absolute Gasteiger partial charge is 0.370 e. The average molecular weight is 221 g/mol. The third kappa shape index (κ3) is 17.7. The zero-order valence-corrected chi connectivity index (χ0v) is 7.87. The van der Waals surface area contributed by atoms with Gasteiger partial charge in [0.25, 0.3) is 9.70 Å². The first-order valence-electron chi connectivity index (χ1n) is 2.30. The Balaban J connectivity index is 0. The lowest BCUT2D eigenvalue weighted by Crippen LogP contribution is -2.27. The smallest absolute Gasteiger partial charge is 0.269 e.